The average molecular weight is 242 g/mol. The summed E-state index contributed by atoms with van der Waals surface area (Å²) >= 11 is 0. The summed E-state index contributed by atoms with van der Waals surface area (Å²) in [6.45, 7) is 7.34. The molecule has 2 rings (SSSR count). The standard InChI is InChI=1S/C13H26N2O2/c1-11-9-15(6-3-7-16-11)10-13-5-4-12(17-13)8-14-2/h11-14H,3-10H2,1-2H3. The molecule has 0 amide bonds. The molecule has 0 saturated carbocycles. The van der Waals surface area contributed by atoms with Crippen LogP contribution in [0, 0.1) is 0 Å². The highest BCUT2D eigenvalue weighted by atomic mass is 16.5. The Kier molecular flexibility index (Phi) is 5.22. The fourth-order valence-electron chi connectivity index (χ4n) is 2.83. The summed E-state index contributed by atoms with van der Waals surface area (Å²) < 4.78 is 11.7. The van der Waals surface area contributed by atoms with Crippen molar-refractivity contribution >= 4 is 0 Å². The molecule has 17 heavy (non-hydrogen) atoms. The summed E-state index contributed by atoms with van der Waals surface area (Å²) in [6.07, 6.45) is 4.77. The maximum Gasteiger partial charge on any atom is 0.0707 e. The lowest BCUT2D eigenvalue weighted by Gasteiger charge is -2.25. The number of nitrogens with zero attached hydrogens (tertiary/aromatic N) is 1. The van der Waals surface area contributed by atoms with Gasteiger partial charge in [-0.3, -0.25) is 4.90 Å². The number of ether oxygens (including phenoxy) is 2. The molecule has 0 spiro atoms. The van der Waals surface area contributed by atoms with Crippen LogP contribution in [0.25, 0.3) is 0 Å². The van der Waals surface area contributed by atoms with E-state index >= 15 is 0 Å². The average Bonchev–Trinajstić information content (AvgIpc) is 2.62. The predicted molar refractivity (Wildman–Crippen MR) is 68.3 cm³/mol. The normalized spacial score (nSPS) is 36.0. The minimum absolute atomic E-state index is 0.368. The summed E-state index contributed by atoms with van der Waals surface area (Å²) in [5, 5.41) is 3.19. The van der Waals surface area contributed by atoms with Gasteiger partial charge in [0, 0.05) is 32.8 Å². The van der Waals surface area contributed by atoms with Crippen LogP contribution in [0.5, 0.6) is 0 Å². The Morgan fingerprint density at radius 2 is 2.12 bits per heavy atom. The first-order valence-corrected chi connectivity index (χ1v) is 6.92. The van der Waals surface area contributed by atoms with Crippen molar-refractivity contribution in [3.05, 3.63) is 0 Å². The first-order valence-electron chi connectivity index (χ1n) is 6.92. The van der Waals surface area contributed by atoms with E-state index in [4.69, 9.17) is 9.47 Å². The molecule has 3 atom stereocenters. The molecule has 0 aliphatic carbocycles. The number of likely N-dealkylation sites (N-methyl/N-ethyl adjacent to an activating group) is 1. The molecule has 4 nitrogen and oxygen atoms in total. The Morgan fingerprint density at radius 3 is 2.94 bits per heavy atom. The molecular weight excluding hydrogens is 216 g/mol. The number of hydrogen-bond donors (Lipinski definition) is 1. The molecule has 0 aromatic carbocycles. The van der Waals surface area contributed by atoms with E-state index in [9.17, 15) is 0 Å². The highest BCUT2D eigenvalue weighted by Crippen LogP contribution is 2.20. The van der Waals surface area contributed by atoms with Gasteiger partial charge in [0.2, 0.25) is 0 Å². The molecule has 0 aromatic rings. The van der Waals surface area contributed by atoms with Gasteiger partial charge in [0.1, 0.15) is 0 Å². The molecule has 2 saturated heterocycles. The molecule has 1 N–H and O–H groups in total. The summed E-state index contributed by atoms with van der Waals surface area (Å²) in [4.78, 5) is 2.50. The van der Waals surface area contributed by atoms with Gasteiger partial charge in [0.15, 0.2) is 0 Å². The molecule has 4 heteroatoms. The molecule has 2 fully saturated rings. The quantitative estimate of drug-likeness (QED) is 0.793. The zero-order valence-corrected chi connectivity index (χ0v) is 11.2. The lowest BCUT2D eigenvalue weighted by atomic mass is 10.2. The SMILES string of the molecule is CNCC1CCC(CN2CCCOC(C)C2)O1. The van der Waals surface area contributed by atoms with Gasteiger partial charge in [-0.05, 0) is 33.2 Å². The van der Waals surface area contributed by atoms with Gasteiger partial charge in [0.25, 0.3) is 0 Å². The van der Waals surface area contributed by atoms with Crippen LogP contribution in [0.15, 0.2) is 0 Å². The van der Waals surface area contributed by atoms with Gasteiger partial charge in [-0.25, -0.2) is 0 Å². The van der Waals surface area contributed by atoms with Crippen LogP contribution >= 0.6 is 0 Å². The Bertz CT molecular complexity index is 225. The van der Waals surface area contributed by atoms with Gasteiger partial charge >= 0.3 is 0 Å². The Balaban J connectivity index is 1.73. The molecule has 2 aliphatic heterocycles. The van der Waals surface area contributed by atoms with Crippen LogP contribution < -0.4 is 5.32 Å². The third-order valence-corrected chi connectivity index (χ3v) is 3.63. The maximum atomic E-state index is 6.04. The fraction of sp³-hybridized carbons (Fsp3) is 1.00. The van der Waals surface area contributed by atoms with Crippen molar-refractivity contribution in [2.75, 3.05) is 39.8 Å². The molecule has 0 aromatic heterocycles. The van der Waals surface area contributed by atoms with Gasteiger partial charge < -0.3 is 14.8 Å². The summed E-state index contributed by atoms with van der Waals surface area (Å²) in [7, 11) is 1.99. The minimum atomic E-state index is 0.368. The second kappa shape index (κ2) is 6.69. The lowest BCUT2D eigenvalue weighted by molar-refractivity contribution is 0.0167. The van der Waals surface area contributed by atoms with E-state index in [1.807, 2.05) is 7.05 Å². The van der Waals surface area contributed by atoms with Gasteiger partial charge in [-0.1, -0.05) is 0 Å². The summed E-state index contributed by atoms with van der Waals surface area (Å²) in [5.74, 6) is 0. The van der Waals surface area contributed by atoms with Crippen LogP contribution in [0.3, 0.4) is 0 Å². The second-order valence-electron chi connectivity index (χ2n) is 5.31. The van der Waals surface area contributed by atoms with Crippen LogP contribution in [0.4, 0.5) is 0 Å². The van der Waals surface area contributed by atoms with Crippen molar-refractivity contribution in [3.8, 4) is 0 Å². The largest absolute Gasteiger partial charge is 0.377 e. The zero-order valence-electron chi connectivity index (χ0n) is 11.2. The Morgan fingerprint density at radius 1 is 1.29 bits per heavy atom. The number of hydrogen-bond acceptors (Lipinski definition) is 4. The van der Waals surface area contributed by atoms with Crippen LogP contribution in [-0.2, 0) is 9.47 Å². The topological polar surface area (TPSA) is 33.7 Å². The first kappa shape index (κ1) is 13.3. The summed E-state index contributed by atoms with van der Waals surface area (Å²) in [5.41, 5.74) is 0. The molecule has 100 valence electrons. The third-order valence-electron chi connectivity index (χ3n) is 3.63. The van der Waals surface area contributed by atoms with Crippen LogP contribution in [-0.4, -0.2) is 63.0 Å². The van der Waals surface area contributed by atoms with E-state index in [-0.39, 0.29) is 0 Å². The Hall–Kier alpha value is -0.160. The minimum Gasteiger partial charge on any atom is -0.377 e. The maximum absolute atomic E-state index is 6.04. The highest BCUT2D eigenvalue weighted by molar-refractivity contribution is 4.79. The van der Waals surface area contributed by atoms with Crippen molar-refractivity contribution < 1.29 is 9.47 Å². The predicted octanol–water partition coefficient (Wildman–Crippen LogP) is 0.864. The smallest absolute Gasteiger partial charge is 0.0707 e. The monoisotopic (exact) mass is 242 g/mol. The molecular formula is C13H26N2O2. The van der Waals surface area contributed by atoms with Crippen molar-refractivity contribution in [1.29, 1.82) is 0 Å². The fourth-order valence-corrected chi connectivity index (χ4v) is 2.83. The van der Waals surface area contributed by atoms with Crippen LogP contribution in [0.1, 0.15) is 26.2 Å². The highest BCUT2D eigenvalue weighted by Gasteiger charge is 2.27. The van der Waals surface area contributed by atoms with Crippen molar-refractivity contribution in [2.45, 2.75) is 44.5 Å². The summed E-state index contributed by atoms with van der Waals surface area (Å²) in [6, 6.07) is 0. The first-order chi connectivity index (χ1) is 8.28. The van der Waals surface area contributed by atoms with E-state index in [1.54, 1.807) is 0 Å². The van der Waals surface area contributed by atoms with Gasteiger partial charge in [-0.15, -0.1) is 0 Å². The van der Waals surface area contributed by atoms with Crippen molar-refractivity contribution in [1.82, 2.24) is 10.2 Å². The zero-order chi connectivity index (χ0) is 12.1. The molecule has 0 radical (unpaired) electrons. The molecule has 2 heterocycles. The molecule has 3 unspecified atom stereocenters. The van der Waals surface area contributed by atoms with Crippen molar-refractivity contribution in [3.63, 3.8) is 0 Å². The van der Waals surface area contributed by atoms with E-state index < -0.39 is 0 Å². The molecule has 0 bridgehead atoms. The van der Waals surface area contributed by atoms with Gasteiger partial charge in [-0.2, -0.15) is 0 Å². The Labute approximate surface area is 105 Å². The number of nitrogens with one attached hydrogen (secondary N) is 1. The van der Waals surface area contributed by atoms with E-state index in [1.165, 1.54) is 12.8 Å². The second-order valence-corrected chi connectivity index (χ2v) is 5.31. The third kappa shape index (κ3) is 4.21. The number of rotatable bonds is 4. The van der Waals surface area contributed by atoms with Gasteiger partial charge in [0.05, 0.1) is 18.3 Å². The van der Waals surface area contributed by atoms with E-state index in [2.05, 4.69) is 17.1 Å². The van der Waals surface area contributed by atoms with E-state index in [0.29, 0.717) is 18.3 Å². The molecule has 2 aliphatic rings. The van der Waals surface area contributed by atoms with Crippen LogP contribution in [0.2, 0.25) is 0 Å². The van der Waals surface area contributed by atoms with Crippen molar-refractivity contribution in [2.24, 2.45) is 0 Å². The lowest BCUT2D eigenvalue weighted by Crippen LogP contribution is -2.37. The van der Waals surface area contributed by atoms with E-state index in [0.717, 1.165) is 39.2 Å².